The van der Waals surface area contributed by atoms with Gasteiger partial charge < -0.3 is 11.2 Å². The summed E-state index contributed by atoms with van der Waals surface area (Å²) in [7, 11) is 0. The minimum Gasteiger partial charge on any atom is -0.364 e. The number of primary amides is 1. The topological polar surface area (TPSA) is 67.2 Å². The van der Waals surface area contributed by atoms with E-state index in [1.165, 1.54) is 0 Å². The maximum atomic E-state index is 10.5. The Morgan fingerprint density at radius 1 is 1.31 bits per heavy atom. The number of para-hydroxylation sites is 1. The molecule has 0 fully saturated rings. The van der Waals surface area contributed by atoms with Gasteiger partial charge in [0.25, 0.3) is 5.91 Å². The van der Waals surface area contributed by atoms with Crippen molar-refractivity contribution in [2.75, 3.05) is 5.43 Å². The zero-order valence-corrected chi connectivity index (χ0v) is 7.08. The number of carbonyl (C=O) groups excluding carboxylic acids is 1. The van der Waals surface area contributed by atoms with E-state index in [1.54, 1.807) is 0 Å². The summed E-state index contributed by atoms with van der Waals surface area (Å²) in [5, 5.41) is 0. The first-order chi connectivity index (χ1) is 6.20. The van der Waals surface area contributed by atoms with Gasteiger partial charge >= 0.3 is 0 Å². The van der Waals surface area contributed by atoms with E-state index in [1.807, 2.05) is 30.3 Å². The molecule has 1 aromatic carbocycles. The molecule has 4 nitrogen and oxygen atoms in total. The van der Waals surface area contributed by atoms with Crippen molar-refractivity contribution in [2.45, 2.75) is 0 Å². The molecule has 4 N–H and O–H groups in total. The fourth-order valence-electron chi connectivity index (χ4n) is 0.731. The Balaban J connectivity index is 2.44. The summed E-state index contributed by atoms with van der Waals surface area (Å²) in [5.41, 5.74) is 11.3. The van der Waals surface area contributed by atoms with Gasteiger partial charge in [-0.1, -0.05) is 24.8 Å². The van der Waals surface area contributed by atoms with E-state index in [-0.39, 0.29) is 5.70 Å². The highest BCUT2D eigenvalue weighted by Crippen LogP contribution is 2.02. The van der Waals surface area contributed by atoms with Crippen LogP contribution < -0.4 is 16.6 Å². The molecule has 0 heterocycles. The first-order valence-electron chi connectivity index (χ1n) is 3.76. The average Bonchev–Trinajstić information content (AvgIpc) is 2.15. The smallest absolute Gasteiger partial charge is 0.265 e. The summed E-state index contributed by atoms with van der Waals surface area (Å²) in [4.78, 5) is 10.5. The maximum absolute atomic E-state index is 10.5. The number of nitrogens with two attached hydrogens (primary N) is 1. The lowest BCUT2D eigenvalue weighted by atomic mass is 10.3. The number of rotatable bonds is 4. The first kappa shape index (κ1) is 9.12. The lowest BCUT2D eigenvalue weighted by Gasteiger charge is -2.08. The van der Waals surface area contributed by atoms with E-state index in [4.69, 9.17) is 5.73 Å². The Morgan fingerprint density at radius 3 is 2.46 bits per heavy atom. The van der Waals surface area contributed by atoms with Gasteiger partial charge in [-0.25, -0.2) is 0 Å². The molecule has 0 saturated heterocycles. The number of hydrazine groups is 1. The molecule has 0 saturated carbocycles. The van der Waals surface area contributed by atoms with E-state index in [0.717, 1.165) is 5.69 Å². The molecular weight excluding hydrogens is 166 g/mol. The predicted octanol–water partition coefficient (Wildman–Crippen LogP) is 0.602. The van der Waals surface area contributed by atoms with Crippen LogP contribution in [0.3, 0.4) is 0 Å². The maximum Gasteiger partial charge on any atom is 0.265 e. The molecule has 0 aliphatic rings. The third kappa shape index (κ3) is 2.86. The number of nitrogens with one attached hydrogen (secondary N) is 2. The number of amides is 1. The Morgan fingerprint density at radius 2 is 1.92 bits per heavy atom. The Labute approximate surface area is 76.4 Å². The van der Waals surface area contributed by atoms with Crippen molar-refractivity contribution in [1.82, 2.24) is 5.43 Å². The van der Waals surface area contributed by atoms with E-state index in [0.29, 0.717) is 0 Å². The van der Waals surface area contributed by atoms with E-state index >= 15 is 0 Å². The summed E-state index contributed by atoms with van der Waals surface area (Å²) < 4.78 is 0. The Hall–Kier alpha value is -1.97. The highest BCUT2D eigenvalue weighted by atomic mass is 16.1. The van der Waals surface area contributed by atoms with Gasteiger partial charge in [0.1, 0.15) is 5.70 Å². The quantitative estimate of drug-likeness (QED) is 0.466. The summed E-state index contributed by atoms with van der Waals surface area (Å²) in [6.07, 6.45) is 0. The first-order valence-corrected chi connectivity index (χ1v) is 3.76. The molecule has 68 valence electrons. The van der Waals surface area contributed by atoms with Crippen LogP contribution in [0, 0.1) is 0 Å². The summed E-state index contributed by atoms with van der Waals surface area (Å²) >= 11 is 0. The number of benzene rings is 1. The van der Waals surface area contributed by atoms with Crippen LogP contribution in [0.2, 0.25) is 0 Å². The second-order valence-corrected chi connectivity index (χ2v) is 2.46. The van der Waals surface area contributed by atoms with Crippen molar-refractivity contribution < 1.29 is 4.79 Å². The van der Waals surface area contributed by atoms with Crippen molar-refractivity contribution in [1.29, 1.82) is 0 Å². The standard InChI is InChI=1S/C9H11N3O/c1-7(9(10)13)11-12-8-5-3-2-4-6-8/h2-6,11-12H,1H2,(H2,10,13). The second kappa shape index (κ2) is 4.15. The van der Waals surface area contributed by atoms with Gasteiger partial charge in [-0.05, 0) is 12.1 Å². The molecule has 13 heavy (non-hydrogen) atoms. The molecule has 0 atom stereocenters. The monoisotopic (exact) mass is 177 g/mol. The van der Waals surface area contributed by atoms with Gasteiger partial charge in [-0.15, -0.1) is 0 Å². The van der Waals surface area contributed by atoms with Crippen molar-refractivity contribution >= 4 is 11.6 Å². The van der Waals surface area contributed by atoms with E-state index in [2.05, 4.69) is 17.4 Å². The Kier molecular flexibility index (Phi) is 2.92. The van der Waals surface area contributed by atoms with Gasteiger partial charge in [0.2, 0.25) is 0 Å². The Bertz CT molecular complexity index is 308. The van der Waals surface area contributed by atoms with E-state index < -0.39 is 5.91 Å². The molecule has 1 amide bonds. The molecule has 0 spiro atoms. The third-order valence-corrected chi connectivity index (χ3v) is 1.43. The number of anilines is 1. The van der Waals surface area contributed by atoms with E-state index in [9.17, 15) is 4.79 Å². The molecule has 0 aromatic heterocycles. The zero-order valence-electron chi connectivity index (χ0n) is 7.08. The summed E-state index contributed by atoms with van der Waals surface area (Å²) in [6.45, 7) is 3.42. The van der Waals surface area contributed by atoms with Crippen LogP contribution in [-0.2, 0) is 4.79 Å². The molecule has 1 rings (SSSR count). The van der Waals surface area contributed by atoms with Crippen molar-refractivity contribution in [3.8, 4) is 0 Å². The number of hydrogen-bond acceptors (Lipinski definition) is 3. The molecule has 0 aliphatic carbocycles. The minimum absolute atomic E-state index is 0.129. The number of carbonyl (C=O) groups is 1. The molecule has 0 bridgehead atoms. The van der Waals surface area contributed by atoms with Crippen molar-refractivity contribution in [3.63, 3.8) is 0 Å². The fraction of sp³-hybridized carbons (Fsp3) is 0. The lowest BCUT2D eigenvalue weighted by Crippen LogP contribution is -2.29. The van der Waals surface area contributed by atoms with Crippen LogP contribution in [0.4, 0.5) is 5.69 Å². The molecule has 0 unspecified atom stereocenters. The average molecular weight is 177 g/mol. The largest absolute Gasteiger partial charge is 0.364 e. The van der Waals surface area contributed by atoms with Crippen LogP contribution in [0.5, 0.6) is 0 Å². The van der Waals surface area contributed by atoms with Crippen LogP contribution in [-0.4, -0.2) is 5.91 Å². The van der Waals surface area contributed by atoms with Gasteiger partial charge in [0.15, 0.2) is 0 Å². The van der Waals surface area contributed by atoms with Crippen LogP contribution in [0.25, 0.3) is 0 Å². The third-order valence-electron chi connectivity index (χ3n) is 1.43. The SMILES string of the molecule is C=C(NNc1ccccc1)C(N)=O. The molecule has 0 aliphatic heterocycles. The van der Waals surface area contributed by atoms with Crippen LogP contribution in [0.15, 0.2) is 42.6 Å². The summed E-state index contributed by atoms with van der Waals surface area (Å²) in [5.74, 6) is -0.580. The minimum atomic E-state index is -0.580. The molecule has 1 aromatic rings. The van der Waals surface area contributed by atoms with Gasteiger partial charge in [0.05, 0.1) is 5.69 Å². The predicted molar refractivity (Wildman–Crippen MR) is 51.5 cm³/mol. The molecule has 0 radical (unpaired) electrons. The highest BCUT2D eigenvalue weighted by Gasteiger charge is 1.98. The highest BCUT2D eigenvalue weighted by molar-refractivity contribution is 5.90. The van der Waals surface area contributed by atoms with Crippen LogP contribution >= 0.6 is 0 Å². The lowest BCUT2D eigenvalue weighted by molar-refractivity contribution is -0.114. The fourth-order valence-corrected chi connectivity index (χ4v) is 0.731. The van der Waals surface area contributed by atoms with Gasteiger partial charge in [0, 0.05) is 0 Å². The molecular formula is C9H11N3O. The molecule has 4 heteroatoms. The normalized spacial score (nSPS) is 8.92. The zero-order chi connectivity index (χ0) is 9.68. The van der Waals surface area contributed by atoms with Crippen molar-refractivity contribution in [3.05, 3.63) is 42.6 Å². The van der Waals surface area contributed by atoms with Gasteiger partial charge in [-0.2, -0.15) is 0 Å². The summed E-state index contributed by atoms with van der Waals surface area (Å²) in [6, 6.07) is 9.34. The van der Waals surface area contributed by atoms with Crippen molar-refractivity contribution in [2.24, 2.45) is 5.73 Å². The van der Waals surface area contributed by atoms with Gasteiger partial charge in [-0.3, -0.25) is 10.2 Å². The number of hydrogen-bond donors (Lipinski definition) is 3. The second-order valence-electron chi connectivity index (χ2n) is 2.46. The van der Waals surface area contributed by atoms with Crippen LogP contribution in [0.1, 0.15) is 0 Å².